The second-order valence-electron chi connectivity index (χ2n) is 12.6. The molecular weight excluding hydrogens is 515 g/mol. The van der Waals surface area contributed by atoms with Gasteiger partial charge in [-0.1, -0.05) is 65.5 Å². The minimum absolute atomic E-state index is 0. The van der Waals surface area contributed by atoms with Gasteiger partial charge >= 0.3 is 103 Å². The first kappa shape index (κ1) is 35.9. The van der Waals surface area contributed by atoms with Crippen molar-refractivity contribution in [3.63, 3.8) is 0 Å². The Hall–Kier alpha value is 2.84. The van der Waals surface area contributed by atoms with E-state index in [2.05, 4.69) is 40.7 Å². The van der Waals surface area contributed by atoms with Crippen LogP contribution >= 0.6 is 0 Å². The zero-order valence-electron chi connectivity index (χ0n) is 23.4. The Morgan fingerprint density at radius 3 is 2.23 bits per heavy atom. The molecule has 0 aromatic rings. The Bertz CT molecular complexity index is 808. The van der Waals surface area contributed by atoms with Crippen LogP contribution in [0.3, 0.4) is 0 Å². The van der Waals surface area contributed by atoms with Gasteiger partial charge in [-0.2, -0.15) is 0 Å². The number of hydrogen-bond donors (Lipinski definition) is 1. The van der Waals surface area contributed by atoms with E-state index in [1.807, 2.05) is 0 Å². The summed E-state index contributed by atoms with van der Waals surface area (Å²) in [5.74, 6) is 5.46. The smallest absolute Gasteiger partial charge is 0.759 e. The van der Waals surface area contributed by atoms with Crippen LogP contribution in [0.4, 0.5) is 0 Å². The first-order valence-electron chi connectivity index (χ1n) is 13.3. The van der Waals surface area contributed by atoms with Crippen molar-refractivity contribution in [3.05, 3.63) is 11.6 Å². The zero-order valence-corrected chi connectivity index (χ0v) is 30.4. The van der Waals surface area contributed by atoms with Gasteiger partial charge in [0.15, 0.2) is 0 Å². The van der Waals surface area contributed by atoms with Crippen molar-refractivity contribution < 1.29 is 125 Å². The molecule has 35 heavy (non-hydrogen) atoms. The maximum absolute atomic E-state index is 10.2. The Morgan fingerprint density at radius 2 is 1.63 bits per heavy atom. The number of aliphatic hydroxyl groups is 1. The summed E-state index contributed by atoms with van der Waals surface area (Å²) in [6, 6.07) is 0. The largest absolute Gasteiger partial charge is 1.00 e. The minimum atomic E-state index is -5.17. The van der Waals surface area contributed by atoms with Crippen molar-refractivity contribution in [1.82, 2.24) is 0 Å². The predicted molar refractivity (Wildman–Crippen MR) is 130 cm³/mol. The van der Waals surface area contributed by atoms with E-state index in [1.165, 1.54) is 57.8 Å². The van der Waals surface area contributed by atoms with Crippen LogP contribution in [0.25, 0.3) is 0 Å². The van der Waals surface area contributed by atoms with Crippen LogP contribution in [0.5, 0.6) is 0 Å². The second-order valence-corrected chi connectivity index (χ2v) is 13.4. The van der Waals surface area contributed by atoms with Crippen molar-refractivity contribution in [1.29, 1.82) is 0 Å². The van der Waals surface area contributed by atoms with Crippen molar-refractivity contribution in [2.24, 2.45) is 46.3 Å². The fourth-order valence-electron chi connectivity index (χ4n) is 8.67. The molecular formula is C27H46K2O5S. The third-order valence-corrected chi connectivity index (χ3v) is 10.3. The molecule has 0 saturated heterocycles. The van der Waals surface area contributed by atoms with Crippen LogP contribution in [0.2, 0.25) is 0 Å². The molecule has 5 nitrogen and oxygen atoms in total. The molecule has 1 unspecified atom stereocenters. The molecule has 4 aliphatic carbocycles. The quantitative estimate of drug-likeness (QED) is 0.222. The Morgan fingerprint density at radius 1 is 1.00 bits per heavy atom. The monoisotopic (exact) mass is 560 g/mol. The van der Waals surface area contributed by atoms with Gasteiger partial charge in [-0.3, -0.25) is 8.42 Å². The van der Waals surface area contributed by atoms with Crippen LogP contribution in [0, 0.1) is 46.3 Å². The van der Waals surface area contributed by atoms with E-state index in [0.29, 0.717) is 10.8 Å². The Labute approximate surface area is 300 Å². The molecule has 3 fully saturated rings. The van der Waals surface area contributed by atoms with Crippen molar-refractivity contribution in [2.75, 3.05) is 0 Å². The molecule has 0 spiro atoms. The summed E-state index contributed by atoms with van der Waals surface area (Å²) in [5, 5.41) is 10.2. The number of rotatable bonds is 5. The summed E-state index contributed by atoms with van der Waals surface area (Å²) in [4.78, 5) is 0. The van der Waals surface area contributed by atoms with Gasteiger partial charge in [-0.15, -0.1) is 0 Å². The molecule has 0 bridgehead atoms. The predicted octanol–water partition coefficient (Wildman–Crippen LogP) is 0.0587. The van der Waals surface area contributed by atoms with Gasteiger partial charge in [0.2, 0.25) is 0 Å². The zero-order chi connectivity index (χ0) is 24.6. The van der Waals surface area contributed by atoms with Gasteiger partial charge in [0.25, 0.3) is 0 Å². The van der Waals surface area contributed by atoms with E-state index < -0.39 is 10.4 Å². The van der Waals surface area contributed by atoms with Crippen LogP contribution in [-0.4, -0.2) is 28.7 Å². The standard InChI is InChI=1S/C27H46O.2K.H2O4S/c1-18(2)7-6-8-19(3)23-11-12-24-22-10-9-20-17-21(28)13-15-26(20,4)25(22)14-16-27(23,24)5;;;1-5(2,3)4/h9,18-19,21-25,28H,6-8,10-17H2,1-5H3;;;(H2,1,2,3,4)/q;2*+1;/p-2/t19?,21-,22-,23+,24-,25-,26-,27+;;;/m0.../s1. The summed E-state index contributed by atoms with van der Waals surface area (Å²) < 4.78 is 34.1. The first-order chi connectivity index (χ1) is 15.3. The number of allylic oxidation sites excluding steroid dienone is 1. The number of hydrogen-bond acceptors (Lipinski definition) is 5. The minimum Gasteiger partial charge on any atom is -0.759 e. The van der Waals surface area contributed by atoms with Gasteiger partial charge in [0, 0.05) is 10.4 Å². The summed E-state index contributed by atoms with van der Waals surface area (Å²) in [5.41, 5.74) is 2.60. The average molecular weight is 561 g/mol. The average Bonchev–Trinajstić information content (AvgIpc) is 3.04. The molecule has 8 atom stereocenters. The molecule has 0 heterocycles. The van der Waals surface area contributed by atoms with Crippen molar-refractivity contribution in [3.8, 4) is 0 Å². The Balaban J connectivity index is 0.000000798. The molecule has 0 aliphatic heterocycles. The SMILES string of the molecule is CC(C)CCCC(C)[C@H]1CC[C@H]2[C@@H]3CC=C4C[C@@H](O)CC[C@]4(C)[C@H]3CC[C@]12C.O=S(=O)([O-])[O-].[K+].[K+]. The molecule has 0 radical (unpaired) electrons. The summed E-state index contributed by atoms with van der Waals surface area (Å²) in [6.45, 7) is 12.6. The van der Waals surface area contributed by atoms with Crippen LogP contribution in [0.1, 0.15) is 105 Å². The Kier molecular flexibility index (Phi) is 15.0. The van der Waals surface area contributed by atoms with Gasteiger partial charge in [0.1, 0.15) is 0 Å². The number of fused-ring (bicyclic) bond motifs is 5. The van der Waals surface area contributed by atoms with E-state index in [9.17, 15) is 5.11 Å². The summed E-state index contributed by atoms with van der Waals surface area (Å²) in [6.07, 6.45) is 17.2. The van der Waals surface area contributed by atoms with Crippen LogP contribution in [0.15, 0.2) is 11.6 Å². The second kappa shape index (κ2) is 14.6. The molecule has 4 rings (SSSR count). The van der Waals surface area contributed by atoms with E-state index in [0.717, 1.165) is 48.3 Å². The number of aliphatic hydroxyl groups excluding tert-OH is 1. The fourth-order valence-corrected chi connectivity index (χ4v) is 8.67. The van der Waals surface area contributed by atoms with Crippen LogP contribution < -0.4 is 103 Å². The van der Waals surface area contributed by atoms with Gasteiger partial charge in [-0.05, 0) is 97.7 Å². The molecule has 0 aromatic heterocycles. The van der Waals surface area contributed by atoms with Crippen molar-refractivity contribution in [2.45, 2.75) is 111 Å². The molecule has 0 amide bonds. The fraction of sp³-hybridized carbons (Fsp3) is 0.926. The summed E-state index contributed by atoms with van der Waals surface area (Å²) >= 11 is 0. The van der Waals surface area contributed by atoms with Gasteiger partial charge in [-0.25, -0.2) is 0 Å². The molecule has 1 N–H and O–H groups in total. The normalized spacial score (nSPS) is 38.9. The van der Waals surface area contributed by atoms with Crippen LogP contribution in [-0.2, 0) is 10.4 Å². The van der Waals surface area contributed by atoms with Gasteiger partial charge in [0.05, 0.1) is 6.10 Å². The molecule has 192 valence electrons. The van der Waals surface area contributed by atoms with E-state index in [4.69, 9.17) is 17.5 Å². The van der Waals surface area contributed by atoms with Crippen molar-refractivity contribution >= 4 is 10.4 Å². The summed E-state index contributed by atoms with van der Waals surface area (Å²) in [7, 11) is -5.17. The van der Waals surface area contributed by atoms with E-state index >= 15 is 0 Å². The first-order valence-corrected chi connectivity index (χ1v) is 14.6. The maximum Gasteiger partial charge on any atom is 1.00 e. The van der Waals surface area contributed by atoms with Gasteiger partial charge < -0.3 is 14.2 Å². The maximum atomic E-state index is 10.2. The third-order valence-electron chi connectivity index (χ3n) is 10.3. The molecule has 0 aromatic carbocycles. The van der Waals surface area contributed by atoms with E-state index in [-0.39, 0.29) is 109 Å². The van der Waals surface area contributed by atoms with E-state index in [1.54, 1.807) is 5.57 Å². The molecule has 3 saturated carbocycles. The molecule has 8 heteroatoms. The molecule has 4 aliphatic rings. The topological polar surface area (TPSA) is 100 Å². The third kappa shape index (κ3) is 8.91.